The molecule has 0 bridgehead atoms. The van der Waals surface area contributed by atoms with Gasteiger partial charge in [-0.25, -0.2) is 0 Å². The van der Waals surface area contributed by atoms with Crippen LogP contribution in [0.2, 0.25) is 0 Å². The molecule has 0 fully saturated rings. The van der Waals surface area contributed by atoms with E-state index in [1.165, 1.54) is 11.4 Å². The first kappa shape index (κ1) is 25.4. The van der Waals surface area contributed by atoms with Gasteiger partial charge in [-0.15, -0.1) is 0 Å². The van der Waals surface area contributed by atoms with Crippen LogP contribution >= 0.6 is 0 Å². The van der Waals surface area contributed by atoms with Gasteiger partial charge in [-0.2, -0.15) is 28.7 Å². The molecule has 0 aliphatic carbocycles. The average Bonchev–Trinajstić information content (AvgIpc) is 2.79. The van der Waals surface area contributed by atoms with Gasteiger partial charge in [0.15, 0.2) is 12.4 Å². The van der Waals surface area contributed by atoms with Crippen LogP contribution in [0.4, 0.5) is 0 Å². The zero-order valence-electron chi connectivity index (χ0n) is 16.5. The van der Waals surface area contributed by atoms with Crippen LogP contribution in [0.15, 0.2) is 117 Å². The third-order valence-corrected chi connectivity index (χ3v) is 6.11. The van der Waals surface area contributed by atoms with Crippen molar-refractivity contribution in [1.82, 2.24) is 0 Å². The summed E-state index contributed by atoms with van der Waals surface area (Å²) in [7, 11) is 0. The van der Waals surface area contributed by atoms with E-state index in [0.717, 1.165) is 32.7 Å². The van der Waals surface area contributed by atoms with Crippen molar-refractivity contribution in [3.8, 4) is 11.4 Å². The summed E-state index contributed by atoms with van der Waals surface area (Å²) < 4.78 is 4.60. The van der Waals surface area contributed by atoms with E-state index in [4.69, 9.17) is 50.5 Å². The molecule has 5 rings (SSSR count). The van der Waals surface area contributed by atoms with Crippen molar-refractivity contribution in [1.29, 1.82) is 0 Å². The van der Waals surface area contributed by atoms with Crippen molar-refractivity contribution in [2.45, 2.75) is 32.7 Å². The Labute approximate surface area is 216 Å². The Morgan fingerprint density at radius 2 is 0.742 bits per heavy atom. The first-order chi connectivity index (χ1) is 14.6. The minimum atomic E-state index is 0. The molecule has 0 unspecified atom stereocenters. The number of nitrogens with zero attached hydrogens (tertiary/aromatic N) is 2. The van der Waals surface area contributed by atoms with Crippen LogP contribution in [-0.2, 0) is 80.1 Å². The van der Waals surface area contributed by atoms with E-state index in [-0.39, 0.29) is 16.5 Å². The fourth-order valence-electron chi connectivity index (χ4n) is 2.92. The monoisotopic (exact) mass is 522 g/mol. The normalized spacial score (nSPS) is 10.6. The second kappa shape index (κ2) is 12.8. The van der Waals surface area contributed by atoms with Crippen molar-refractivity contribution < 1.29 is 25.6 Å². The standard InChI is InChI=1S/C12H12N2.2C6H6S2.Ni/c1-3-7-13-9-10-14-8-4-2-6-12(14)11(13)5-1;2*7-5-3-1-2-4-6(5)8;/h1-8H,9-10H2;2*1-4,7-8H;/q+2;;;/p-4. The van der Waals surface area contributed by atoms with Crippen LogP contribution in [0, 0.1) is 0 Å². The Hall–Kier alpha value is -1.89. The molecule has 2 nitrogen and oxygen atoms in total. The van der Waals surface area contributed by atoms with Gasteiger partial charge in [-0.3, -0.25) is 0 Å². The third kappa shape index (κ3) is 7.34. The maximum atomic E-state index is 4.85. The molecule has 1 aliphatic heterocycles. The second-order valence-corrected chi connectivity index (χ2v) is 8.21. The molecule has 2 aromatic heterocycles. The molecule has 0 radical (unpaired) electrons. The quantitative estimate of drug-likeness (QED) is 0.196. The van der Waals surface area contributed by atoms with Crippen LogP contribution in [0.1, 0.15) is 0 Å². The van der Waals surface area contributed by atoms with Crippen molar-refractivity contribution in [2.24, 2.45) is 0 Å². The fraction of sp³-hybridized carbons (Fsp3) is 0.0833. The SMILES string of the molecule is [Ni].[S-]c1ccccc1[S-].[S-]c1ccccc1[S-].c1cc[n+]2c(c1)-c1cccc[n+]1CC2. The second-order valence-electron chi connectivity index (χ2n) is 6.45. The van der Waals surface area contributed by atoms with Crippen LogP contribution in [-0.4, -0.2) is 0 Å². The van der Waals surface area contributed by atoms with Gasteiger partial charge in [0.2, 0.25) is 13.1 Å². The smallest absolute Gasteiger partial charge is 0.277 e. The molecule has 0 atom stereocenters. The van der Waals surface area contributed by atoms with Crippen molar-refractivity contribution in [3.63, 3.8) is 0 Å². The van der Waals surface area contributed by atoms with Gasteiger partial charge in [-0.05, 0) is 12.1 Å². The molecule has 2 aromatic carbocycles. The molecule has 0 saturated carbocycles. The van der Waals surface area contributed by atoms with E-state index in [0.29, 0.717) is 0 Å². The summed E-state index contributed by atoms with van der Waals surface area (Å²) in [4.78, 5) is 3.06. The van der Waals surface area contributed by atoms with Crippen LogP contribution in [0.3, 0.4) is 0 Å². The summed E-state index contributed by atoms with van der Waals surface area (Å²) in [5.41, 5.74) is 2.61. The summed E-state index contributed by atoms with van der Waals surface area (Å²) in [6, 6.07) is 27.6. The van der Waals surface area contributed by atoms with Crippen molar-refractivity contribution in [2.75, 3.05) is 0 Å². The number of hydrogen-bond donors (Lipinski definition) is 0. The topological polar surface area (TPSA) is 7.76 Å². The molecule has 31 heavy (non-hydrogen) atoms. The van der Waals surface area contributed by atoms with Crippen molar-refractivity contribution >= 4 is 50.5 Å². The van der Waals surface area contributed by atoms with E-state index in [1.807, 2.05) is 48.5 Å². The zero-order valence-corrected chi connectivity index (χ0v) is 20.7. The van der Waals surface area contributed by atoms with Gasteiger partial charge in [0.1, 0.15) is 0 Å². The Balaban J connectivity index is 0.000000175. The molecule has 4 aromatic rings. The zero-order chi connectivity index (χ0) is 21.3. The third-order valence-electron chi connectivity index (χ3n) is 4.42. The van der Waals surface area contributed by atoms with E-state index in [1.54, 1.807) is 0 Å². The summed E-state index contributed by atoms with van der Waals surface area (Å²) >= 11 is 19.4. The predicted octanol–water partition coefficient (Wildman–Crippen LogP) is 3.94. The van der Waals surface area contributed by atoms with Crippen LogP contribution in [0.25, 0.3) is 11.4 Å². The number of hydrogen-bond acceptors (Lipinski definition) is 4. The summed E-state index contributed by atoms with van der Waals surface area (Å²) in [5.74, 6) is 0. The van der Waals surface area contributed by atoms with E-state index >= 15 is 0 Å². The van der Waals surface area contributed by atoms with E-state index in [9.17, 15) is 0 Å². The Morgan fingerprint density at radius 3 is 1.03 bits per heavy atom. The molecule has 1 aliphatic rings. The van der Waals surface area contributed by atoms with Crippen molar-refractivity contribution in [3.05, 3.63) is 97.3 Å². The Kier molecular flexibility index (Phi) is 10.5. The summed E-state index contributed by atoms with van der Waals surface area (Å²) in [5, 5.41) is 0. The summed E-state index contributed by atoms with van der Waals surface area (Å²) in [6.07, 6.45) is 4.29. The number of pyridine rings is 2. The average molecular weight is 523 g/mol. The van der Waals surface area contributed by atoms with Gasteiger partial charge >= 0.3 is 0 Å². The largest absolute Gasteiger partial charge is 0.781 e. The molecular weight excluding hydrogens is 503 g/mol. The number of benzene rings is 2. The molecule has 0 amide bonds. The van der Waals surface area contributed by atoms with Crippen LogP contribution < -0.4 is 9.13 Å². The van der Waals surface area contributed by atoms with E-state index in [2.05, 4.69) is 57.9 Å². The fourth-order valence-corrected chi connectivity index (χ4v) is 3.51. The van der Waals surface area contributed by atoms with Gasteiger partial charge in [0, 0.05) is 40.8 Å². The minimum Gasteiger partial charge on any atom is -0.781 e. The Morgan fingerprint density at radius 1 is 0.452 bits per heavy atom. The van der Waals surface area contributed by atoms with Gasteiger partial charge in [0.25, 0.3) is 11.4 Å². The molecule has 0 saturated heterocycles. The minimum absolute atomic E-state index is 0. The molecule has 3 heterocycles. The first-order valence-corrected chi connectivity index (χ1v) is 11.0. The van der Waals surface area contributed by atoms with Gasteiger partial charge < -0.3 is 50.5 Å². The van der Waals surface area contributed by atoms with Crippen LogP contribution in [0.5, 0.6) is 0 Å². The molecule has 7 heteroatoms. The number of fused-ring (bicyclic) bond motifs is 3. The van der Waals surface area contributed by atoms with Gasteiger partial charge in [0.05, 0.1) is 0 Å². The first-order valence-electron chi connectivity index (χ1n) is 9.39. The molecular formula is C24H20N2NiS4-2. The number of rotatable bonds is 0. The maximum Gasteiger partial charge on any atom is 0.277 e. The Bertz CT molecular complexity index is 991. The number of aryl methyl sites for hydroxylation is 2. The predicted molar refractivity (Wildman–Crippen MR) is 128 cm³/mol. The summed E-state index contributed by atoms with van der Waals surface area (Å²) in [6.45, 7) is 2.13. The van der Waals surface area contributed by atoms with E-state index < -0.39 is 0 Å². The van der Waals surface area contributed by atoms with Gasteiger partial charge in [-0.1, -0.05) is 48.5 Å². The molecule has 0 N–H and O–H groups in total. The maximum absolute atomic E-state index is 4.85. The molecule has 162 valence electrons. The molecule has 0 spiro atoms. The number of aromatic nitrogens is 2.